The molecule has 0 saturated carbocycles. The van der Waals surface area contributed by atoms with Gasteiger partial charge in [-0.15, -0.1) is 0 Å². The molecule has 0 aromatic heterocycles. The third-order valence-electron chi connectivity index (χ3n) is 3.51. The topological polar surface area (TPSA) is 42.2 Å². The van der Waals surface area contributed by atoms with E-state index in [1.54, 1.807) is 7.11 Å². The average Bonchev–Trinajstić information content (AvgIpc) is 2.42. The number of ether oxygens (including phenoxy) is 2. The first-order valence-corrected chi connectivity index (χ1v) is 6.07. The molecule has 2 atom stereocenters. The Morgan fingerprint density at radius 2 is 2.00 bits per heavy atom. The van der Waals surface area contributed by atoms with E-state index in [1.807, 2.05) is 31.2 Å². The highest BCUT2D eigenvalue weighted by Gasteiger charge is 2.26. The van der Waals surface area contributed by atoms with E-state index < -0.39 is 0 Å². The lowest BCUT2D eigenvalue weighted by Gasteiger charge is -2.29. The molecular formula is C15H17NO2. The number of nitrogens with zero attached hydrogens (tertiary/aromatic N) is 1. The van der Waals surface area contributed by atoms with Crippen LogP contribution < -0.4 is 4.74 Å². The van der Waals surface area contributed by atoms with Gasteiger partial charge in [-0.05, 0) is 42.5 Å². The van der Waals surface area contributed by atoms with Gasteiger partial charge in [-0.2, -0.15) is 5.26 Å². The Bertz CT molecular complexity index is 496. The zero-order valence-electron chi connectivity index (χ0n) is 10.9. The van der Waals surface area contributed by atoms with Crippen molar-refractivity contribution < 1.29 is 9.47 Å². The zero-order valence-corrected chi connectivity index (χ0v) is 10.9. The monoisotopic (exact) mass is 243 g/mol. The summed E-state index contributed by atoms with van der Waals surface area (Å²) in [5.74, 6) is 1.67. The van der Waals surface area contributed by atoms with Gasteiger partial charge in [0.2, 0.25) is 0 Å². The van der Waals surface area contributed by atoms with Crippen LogP contribution in [0.5, 0.6) is 5.75 Å². The van der Waals surface area contributed by atoms with Gasteiger partial charge in [-0.25, -0.2) is 0 Å². The molecule has 18 heavy (non-hydrogen) atoms. The summed E-state index contributed by atoms with van der Waals surface area (Å²) in [6.45, 7) is 4.10. The normalized spacial score (nSPS) is 23.2. The van der Waals surface area contributed by atoms with Gasteiger partial charge in [0.1, 0.15) is 17.9 Å². The molecule has 2 rings (SSSR count). The van der Waals surface area contributed by atoms with Crippen molar-refractivity contribution in [2.45, 2.75) is 26.4 Å². The number of nitriles is 1. The first-order valence-electron chi connectivity index (χ1n) is 6.07. The lowest BCUT2D eigenvalue weighted by Crippen LogP contribution is -2.17. The highest BCUT2D eigenvalue weighted by Crippen LogP contribution is 2.37. The van der Waals surface area contributed by atoms with Crippen molar-refractivity contribution in [3.05, 3.63) is 41.2 Å². The predicted octanol–water partition coefficient (Wildman–Crippen LogP) is 3.59. The van der Waals surface area contributed by atoms with Crippen molar-refractivity contribution in [1.82, 2.24) is 0 Å². The molecule has 0 aliphatic carbocycles. The van der Waals surface area contributed by atoms with Crippen LogP contribution in [0.3, 0.4) is 0 Å². The summed E-state index contributed by atoms with van der Waals surface area (Å²) in [5.41, 5.74) is 2.13. The minimum atomic E-state index is -0.0377. The maximum atomic E-state index is 9.07. The Kier molecular flexibility index (Phi) is 3.57. The van der Waals surface area contributed by atoms with Crippen LogP contribution in [0.4, 0.5) is 0 Å². The lowest BCUT2D eigenvalue weighted by molar-refractivity contribution is 0.0861. The van der Waals surface area contributed by atoms with E-state index in [4.69, 9.17) is 14.7 Å². The minimum Gasteiger partial charge on any atom is -0.497 e. The highest BCUT2D eigenvalue weighted by molar-refractivity contribution is 5.31. The first-order chi connectivity index (χ1) is 8.65. The second kappa shape index (κ2) is 5.14. The molecule has 1 aromatic rings. The number of rotatable bonds is 2. The number of hydrogen-bond acceptors (Lipinski definition) is 3. The van der Waals surface area contributed by atoms with Crippen LogP contribution in [0.15, 0.2) is 35.6 Å². The van der Waals surface area contributed by atoms with Crippen LogP contribution in [0, 0.1) is 17.2 Å². The molecule has 2 unspecified atom stereocenters. The van der Waals surface area contributed by atoms with Gasteiger partial charge in [0.05, 0.1) is 7.11 Å². The van der Waals surface area contributed by atoms with E-state index >= 15 is 0 Å². The molecule has 1 aliphatic heterocycles. The first kappa shape index (κ1) is 12.5. The summed E-state index contributed by atoms with van der Waals surface area (Å²) in [5, 5.41) is 9.07. The van der Waals surface area contributed by atoms with Crippen molar-refractivity contribution in [2.24, 2.45) is 5.92 Å². The lowest BCUT2D eigenvalue weighted by atomic mass is 9.89. The quantitative estimate of drug-likeness (QED) is 0.797. The molecule has 0 amide bonds. The van der Waals surface area contributed by atoms with Crippen molar-refractivity contribution in [1.29, 1.82) is 5.26 Å². The third-order valence-corrected chi connectivity index (χ3v) is 3.51. The number of benzene rings is 1. The molecule has 0 N–H and O–H groups in total. The van der Waals surface area contributed by atoms with Crippen molar-refractivity contribution in [3.8, 4) is 11.8 Å². The van der Waals surface area contributed by atoms with Gasteiger partial charge >= 0.3 is 0 Å². The number of methoxy groups -OCH3 is 1. The molecule has 1 heterocycles. The van der Waals surface area contributed by atoms with E-state index in [-0.39, 0.29) is 6.10 Å². The second-order valence-electron chi connectivity index (χ2n) is 4.64. The molecule has 0 saturated heterocycles. The van der Waals surface area contributed by atoms with Crippen LogP contribution in [-0.4, -0.2) is 7.11 Å². The third kappa shape index (κ3) is 2.33. The summed E-state index contributed by atoms with van der Waals surface area (Å²) in [7, 11) is 1.65. The standard InChI is InChI=1S/C15H17NO2/c1-10-8-14(18-15(9-16)11(10)2)12-4-6-13(17-3)7-5-12/h4-7,10,14H,8H2,1-3H3. The van der Waals surface area contributed by atoms with Gasteiger partial charge in [0.25, 0.3) is 0 Å². The van der Waals surface area contributed by atoms with Gasteiger partial charge in [-0.1, -0.05) is 19.1 Å². The Morgan fingerprint density at radius 1 is 1.33 bits per heavy atom. The Balaban J connectivity index is 2.23. The summed E-state index contributed by atoms with van der Waals surface area (Å²) in [4.78, 5) is 0. The fourth-order valence-electron chi connectivity index (χ4n) is 2.14. The molecule has 3 heteroatoms. The summed E-state index contributed by atoms with van der Waals surface area (Å²) in [6, 6.07) is 9.96. The van der Waals surface area contributed by atoms with Crippen LogP contribution in [-0.2, 0) is 4.74 Å². The van der Waals surface area contributed by atoms with Gasteiger partial charge in [-0.3, -0.25) is 0 Å². The molecular weight excluding hydrogens is 226 g/mol. The molecule has 1 aliphatic rings. The van der Waals surface area contributed by atoms with E-state index in [2.05, 4.69) is 13.0 Å². The van der Waals surface area contributed by atoms with Gasteiger partial charge in [0.15, 0.2) is 5.76 Å². The maximum Gasteiger partial charge on any atom is 0.196 e. The smallest absolute Gasteiger partial charge is 0.196 e. The predicted molar refractivity (Wildman–Crippen MR) is 68.9 cm³/mol. The molecule has 0 fully saturated rings. The molecule has 0 radical (unpaired) electrons. The van der Waals surface area contributed by atoms with Crippen LogP contribution in [0.2, 0.25) is 0 Å². The summed E-state index contributed by atoms with van der Waals surface area (Å²) >= 11 is 0. The number of allylic oxidation sites excluding steroid dienone is 2. The summed E-state index contributed by atoms with van der Waals surface area (Å²) < 4.78 is 10.9. The zero-order chi connectivity index (χ0) is 13.1. The minimum absolute atomic E-state index is 0.0377. The summed E-state index contributed by atoms with van der Waals surface area (Å²) in [6.07, 6.45) is 0.868. The molecule has 0 spiro atoms. The maximum absolute atomic E-state index is 9.07. The van der Waals surface area contributed by atoms with E-state index in [9.17, 15) is 0 Å². The Hall–Kier alpha value is -1.95. The fraction of sp³-hybridized carbons (Fsp3) is 0.400. The molecule has 3 nitrogen and oxygen atoms in total. The van der Waals surface area contributed by atoms with Gasteiger partial charge in [0, 0.05) is 0 Å². The second-order valence-corrected chi connectivity index (χ2v) is 4.64. The van der Waals surface area contributed by atoms with Crippen molar-refractivity contribution in [2.75, 3.05) is 7.11 Å². The molecule has 1 aromatic carbocycles. The largest absolute Gasteiger partial charge is 0.497 e. The van der Waals surface area contributed by atoms with E-state index in [1.165, 1.54) is 0 Å². The fourth-order valence-corrected chi connectivity index (χ4v) is 2.14. The Morgan fingerprint density at radius 3 is 2.56 bits per heavy atom. The highest BCUT2D eigenvalue weighted by atomic mass is 16.5. The SMILES string of the molecule is COc1ccc(C2CC(C)C(C)=C(C#N)O2)cc1. The van der Waals surface area contributed by atoms with Crippen LogP contribution >= 0.6 is 0 Å². The van der Waals surface area contributed by atoms with E-state index in [0.29, 0.717) is 11.7 Å². The number of hydrogen-bond donors (Lipinski definition) is 0. The van der Waals surface area contributed by atoms with Crippen molar-refractivity contribution >= 4 is 0 Å². The molecule has 94 valence electrons. The van der Waals surface area contributed by atoms with Crippen LogP contribution in [0.1, 0.15) is 31.9 Å². The van der Waals surface area contributed by atoms with Gasteiger partial charge < -0.3 is 9.47 Å². The van der Waals surface area contributed by atoms with Crippen molar-refractivity contribution in [3.63, 3.8) is 0 Å². The van der Waals surface area contributed by atoms with Crippen LogP contribution in [0.25, 0.3) is 0 Å². The van der Waals surface area contributed by atoms with E-state index in [0.717, 1.165) is 23.3 Å². The average molecular weight is 243 g/mol. The molecule has 0 bridgehead atoms. The Labute approximate surface area is 108 Å².